The molecule has 1 N–H and O–H groups in total. The zero-order chi connectivity index (χ0) is 13.7. The molecular weight excluding hydrogens is 254 g/mol. The molecule has 1 fully saturated rings. The highest BCUT2D eigenvalue weighted by Crippen LogP contribution is 2.25. The fourth-order valence-corrected chi connectivity index (χ4v) is 3.49. The summed E-state index contributed by atoms with van der Waals surface area (Å²) in [5.41, 5.74) is 2.59. The van der Waals surface area contributed by atoms with Gasteiger partial charge in [-0.05, 0) is 44.0 Å². The number of aromatic nitrogens is 1. The molecule has 0 saturated carbocycles. The first-order valence-electron chi connectivity index (χ1n) is 7.23. The van der Waals surface area contributed by atoms with Crippen molar-refractivity contribution in [3.05, 3.63) is 23.4 Å². The molecule has 1 aliphatic rings. The Morgan fingerprint density at radius 1 is 1.53 bits per heavy atom. The van der Waals surface area contributed by atoms with Crippen LogP contribution in [0.25, 0.3) is 0 Å². The summed E-state index contributed by atoms with van der Waals surface area (Å²) in [7, 11) is 0. The van der Waals surface area contributed by atoms with Gasteiger partial charge in [0.2, 0.25) is 0 Å². The summed E-state index contributed by atoms with van der Waals surface area (Å²) < 4.78 is 0. The van der Waals surface area contributed by atoms with Crippen molar-refractivity contribution in [2.24, 2.45) is 0 Å². The average Bonchev–Trinajstić information content (AvgIpc) is 2.40. The Labute approximate surface area is 121 Å². The topological polar surface area (TPSA) is 28.2 Å². The molecule has 1 aliphatic heterocycles. The molecule has 0 radical (unpaired) electrons. The Morgan fingerprint density at radius 3 is 3.05 bits per heavy atom. The van der Waals surface area contributed by atoms with E-state index in [-0.39, 0.29) is 0 Å². The molecule has 4 heteroatoms. The van der Waals surface area contributed by atoms with Crippen molar-refractivity contribution in [1.82, 2.24) is 10.3 Å². The van der Waals surface area contributed by atoms with E-state index >= 15 is 0 Å². The Hall–Kier alpha value is -0.740. The van der Waals surface area contributed by atoms with E-state index in [2.05, 4.69) is 37.1 Å². The fraction of sp³-hybridized carbons (Fsp3) is 0.667. The Balaban J connectivity index is 2.05. The standard InChI is InChI=1S/C15H25N3S/c1-4-5-16-9-14-8-12(2)15(17-10-14)18-6-7-19-11-13(18)3/h8,10,13,16H,4-7,9,11H2,1-3H3. The number of nitrogens with zero attached hydrogens (tertiary/aromatic N) is 2. The quantitative estimate of drug-likeness (QED) is 0.839. The van der Waals surface area contributed by atoms with Gasteiger partial charge in [0.1, 0.15) is 5.82 Å². The Morgan fingerprint density at radius 2 is 2.37 bits per heavy atom. The van der Waals surface area contributed by atoms with Crippen molar-refractivity contribution < 1.29 is 0 Å². The number of aryl methyl sites for hydroxylation is 1. The van der Waals surface area contributed by atoms with E-state index in [0.29, 0.717) is 6.04 Å². The molecule has 1 aromatic heterocycles. The van der Waals surface area contributed by atoms with Gasteiger partial charge in [0.25, 0.3) is 0 Å². The SMILES string of the molecule is CCCNCc1cnc(N2CCSCC2C)c(C)c1. The number of rotatable bonds is 5. The highest BCUT2D eigenvalue weighted by molar-refractivity contribution is 7.99. The van der Waals surface area contributed by atoms with Crippen molar-refractivity contribution in [2.75, 3.05) is 29.5 Å². The minimum Gasteiger partial charge on any atom is -0.352 e. The first-order valence-corrected chi connectivity index (χ1v) is 8.38. The zero-order valence-corrected chi connectivity index (χ0v) is 13.1. The molecule has 0 spiro atoms. The van der Waals surface area contributed by atoms with Crippen LogP contribution in [0.3, 0.4) is 0 Å². The molecule has 0 amide bonds. The summed E-state index contributed by atoms with van der Waals surface area (Å²) in [6.07, 6.45) is 3.20. The number of nitrogens with one attached hydrogen (secondary N) is 1. The van der Waals surface area contributed by atoms with Gasteiger partial charge in [-0.15, -0.1) is 0 Å². The normalized spacial score (nSPS) is 19.7. The number of hydrogen-bond acceptors (Lipinski definition) is 4. The van der Waals surface area contributed by atoms with Crippen LogP contribution >= 0.6 is 11.8 Å². The molecular formula is C15H25N3S. The van der Waals surface area contributed by atoms with Gasteiger partial charge < -0.3 is 10.2 Å². The summed E-state index contributed by atoms with van der Waals surface area (Å²) >= 11 is 2.04. The highest BCUT2D eigenvalue weighted by atomic mass is 32.2. The van der Waals surface area contributed by atoms with Gasteiger partial charge in [-0.1, -0.05) is 6.92 Å². The second-order valence-electron chi connectivity index (χ2n) is 5.28. The lowest BCUT2D eigenvalue weighted by atomic mass is 10.1. The lowest BCUT2D eigenvalue weighted by Crippen LogP contribution is -2.41. The maximum atomic E-state index is 4.71. The first-order chi connectivity index (χ1) is 9.22. The van der Waals surface area contributed by atoms with Crippen LogP contribution in [-0.4, -0.2) is 35.6 Å². The summed E-state index contributed by atoms with van der Waals surface area (Å²) in [4.78, 5) is 7.16. The van der Waals surface area contributed by atoms with E-state index in [4.69, 9.17) is 4.98 Å². The van der Waals surface area contributed by atoms with Crippen molar-refractivity contribution in [2.45, 2.75) is 39.8 Å². The molecule has 3 nitrogen and oxygen atoms in total. The second-order valence-corrected chi connectivity index (χ2v) is 6.43. The molecule has 1 atom stereocenters. The van der Waals surface area contributed by atoms with Crippen LogP contribution in [-0.2, 0) is 6.54 Å². The molecule has 2 rings (SSSR count). The van der Waals surface area contributed by atoms with Gasteiger partial charge in [-0.25, -0.2) is 4.98 Å². The van der Waals surface area contributed by atoms with E-state index in [0.717, 1.165) is 19.6 Å². The molecule has 0 aromatic carbocycles. The molecule has 19 heavy (non-hydrogen) atoms. The van der Waals surface area contributed by atoms with Gasteiger partial charge in [0, 0.05) is 36.8 Å². The van der Waals surface area contributed by atoms with Gasteiger partial charge in [-0.3, -0.25) is 0 Å². The van der Waals surface area contributed by atoms with Crippen LogP contribution in [0.2, 0.25) is 0 Å². The van der Waals surface area contributed by atoms with Crippen molar-refractivity contribution in [3.63, 3.8) is 0 Å². The largest absolute Gasteiger partial charge is 0.352 e. The van der Waals surface area contributed by atoms with Gasteiger partial charge >= 0.3 is 0 Å². The molecule has 0 bridgehead atoms. The van der Waals surface area contributed by atoms with E-state index in [9.17, 15) is 0 Å². The molecule has 2 heterocycles. The lowest BCUT2D eigenvalue weighted by Gasteiger charge is -2.35. The maximum absolute atomic E-state index is 4.71. The van der Waals surface area contributed by atoms with Crippen LogP contribution in [0, 0.1) is 6.92 Å². The maximum Gasteiger partial charge on any atom is 0.131 e. The third-order valence-corrected chi connectivity index (χ3v) is 4.69. The van der Waals surface area contributed by atoms with Crippen LogP contribution in [0.4, 0.5) is 5.82 Å². The molecule has 1 aromatic rings. The summed E-state index contributed by atoms with van der Waals surface area (Å²) in [6, 6.07) is 2.87. The minimum absolute atomic E-state index is 0.592. The third-order valence-electron chi connectivity index (χ3n) is 3.50. The molecule has 106 valence electrons. The molecule has 0 aliphatic carbocycles. The zero-order valence-electron chi connectivity index (χ0n) is 12.3. The van der Waals surface area contributed by atoms with Crippen LogP contribution < -0.4 is 10.2 Å². The Bertz CT molecular complexity index is 408. The smallest absolute Gasteiger partial charge is 0.131 e. The van der Waals surface area contributed by atoms with Crippen molar-refractivity contribution in [3.8, 4) is 0 Å². The third kappa shape index (κ3) is 3.86. The second kappa shape index (κ2) is 7.15. The van der Waals surface area contributed by atoms with E-state index in [1.807, 2.05) is 18.0 Å². The van der Waals surface area contributed by atoms with Gasteiger partial charge in [-0.2, -0.15) is 11.8 Å². The molecule has 1 unspecified atom stereocenters. The van der Waals surface area contributed by atoms with Crippen LogP contribution in [0.5, 0.6) is 0 Å². The number of pyridine rings is 1. The predicted molar refractivity (Wildman–Crippen MR) is 85.1 cm³/mol. The Kier molecular flexibility index (Phi) is 5.52. The number of anilines is 1. The first kappa shape index (κ1) is 14.7. The predicted octanol–water partition coefficient (Wildman–Crippen LogP) is 2.83. The number of hydrogen-bond donors (Lipinski definition) is 1. The van der Waals surface area contributed by atoms with Gasteiger partial charge in [0.15, 0.2) is 0 Å². The summed E-state index contributed by atoms with van der Waals surface area (Å²) in [6.45, 7) is 9.78. The minimum atomic E-state index is 0.592. The monoisotopic (exact) mass is 279 g/mol. The fourth-order valence-electron chi connectivity index (χ4n) is 2.47. The van der Waals surface area contributed by atoms with Crippen LogP contribution in [0.15, 0.2) is 12.3 Å². The van der Waals surface area contributed by atoms with Crippen LogP contribution in [0.1, 0.15) is 31.4 Å². The van der Waals surface area contributed by atoms with E-state index < -0.39 is 0 Å². The summed E-state index contributed by atoms with van der Waals surface area (Å²) in [5.74, 6) is 3.60. The van der Waals surface area contributed by atoms with Crippen molar-refractivity contribution >= 4 is 17.6 Å². The number of thioether (sulfide) groups is 1. The van der Waals surface area contributed by atoms with Gasteiger partial charge in [0.05, 0.1) is 0 Å². The average molecular weight is 279 g/mol. The highest BCUT2D eigenvalue weighted by Gasteiger charge is 2.21. The lowest BCUT2D eigenvalue weighted by molar-refractivity contribution is 0.668. The summed E-state index contributed by atoms with van der Waals surface area (Å²) in [5, 5.41) is 3.43. The van der Waals surface area contributed by atoms with E-state index in [1.165, 1.54) is 34.9 Å². The molecule has 1 saturated heterocycles. The van der Waals surface area contributed by atoms with E-state index in [1.54, 1.807) is 0 Å². The van der Waals surface area contributed by atoms with Crippen molar-refractivity contribution in [1.29, 1.82) is 0 Å².